The molecule has 2 aromatic carbocycles. The minimum atomic E-state index is -0.441. The lowest BCUT2D eigenvalue weighted by Gasteiger charge is -2.08. The predicted molar refractivity (Wildman–Crippen MR) is 125 cm³/mol. The van der Waals surface area contributed by atoms with E-state index in [0.717, 1.165) is 16.9 Å². The van der Waals surface area contributed by atoms with Crippen LogP contribution < -0.4 is 16.0 Å². The average Bonchev–Trinajstić information content (AvgIpc) is 3.43. The molecule has 0 saturated carbocycles. The van der Waals surface area contributed by atoms with Gasteiger partial charge >= 0.3 is 6.03 Å². The Morgan fingerprint density at radius 3 is 2.76 bits per heavy atom. The van der Waals surface area contributed by atoms with Crippen LogP contribution in [0.1, 0.15) is 36.3 Å². The van der Waals surface area contributed by atoms with Crippen LogP contribution >= 0.6 is 11.3 Å². The van der Waals surface area contributed by atoms with Gasteiger partial charge in [0.1, 0.15) is 11.6 Å². The van der Waals surface area contributed by atoms with Crippen LogP contribution in [-0.4, -0.2) is 26.9 Å². The summed E-state index contributed by atoms with van der Waals surface area (Å²) in [7, 11) is 0. The maximum atomic E-state index is 13.2. The minimum Gasteiger partial charge on any atom is -0.350 e. The third kappa shape index (κ3) is 6.13. The van der Waals surface area contributed by atoms with Crippen LogP contribution in [0.4, 0.5) is 14.3 Å². The lowest BCUT2D eigenvalue weighted by molar-refractivity contribution is -0.121. The molecule has 3 amide bonds. The van der Waals surface area contributed by atoms with E-state index in [0.29, 0.717) is 16.4 Å². The zero-order chi connectivity index (χ0) is 23.2. The van der Waals surface area contributed by atoms with E-state index in [-0.39, 0.29) is 37.2 Å². The molecule has 2 aromatic heterocycles. The van der Waals surface area contributed by atoms with Gasteiger partial charge in [-0.3, -0.25) is 10.1 Å². The summed E-state index contributed by atoms with van der Waals surface area (Å²) >= 11 is 1.26. The Balaban J connectivity index is 1.22. The first-order valence-corrected chi connectivity index (χ1v) is 11.3. The molecule has 4 N–H and O–H groups in total. The zero-order valence-corrected chi connectivity index (χ0v) is 18.7. The molecule has 0 bridgehead atoms. The van der Waals surface area contributed by atoms with Gasteiger partial charge < -0.3 is 15.6 Å². The second-order valence-electron chi connectivity index (χ2n) is 7.60. The number of amides is 3. The summed E-state index contributed by atoms with van der Waals surface area (Å²) in [6.07, 6.45) is 0.289. The van der Waals surface area contributed by atoms with Gasteiger partial charge in [0, 0.05) is 24.3 Å². The summed E-state index contributed by atoms with van der Waals surface area (Å²) in [4.78, 5) is 36.5. The first-order chi connectivity index (χ1) is 16.0. The van der Waals surface area contributed by atoms with Gasteiger partial charge in [-0.25, -0.2) is 19.2 Å². The quantitative estimate of drug-likeness (QED) is 0.310. The highest BCUT2D eigenvalue weighted by molar-refractivity contribution is 7.13. The van der Waals surface area contributed by atoms with Gasteiger partial charge in [-0.15, -0.1) is 11.3 Å². The van der Waals surface area contributed by atoms with Crippen molar-refractivity contribution in [3.8, 4) is 0 Å². The minimum absolute atomic E-state index is 0.0631. The van der Waals surface area contributed by atoms with Crippen molar-refractivity contribution in [1.82, 2.24) is 25.6 Å². The molecule has 1 unspecified atom stereocenters. The number of aromatic nitrogens is 3. The maximum Gasteiger partial charge on any atom is 0.321 e. The van der Waals surface area contributed by atoms with E-state index in [4.69, 9.17) is 0 Å². The third-order valence-corrected chi connectivity index (χ3v) is 5.75. The number of nitrogens with one attached hydrogen (secondary N) is 4. The molecule has 2 heterocycles. The summed E-state index contributed by atoms with van der Waals surface area (Å²) in [5.41, 5.74) is 3.12. The Bertz CT molecular complexity index is 1240. The van der Waals surface area contributed by atoms with Crippen molar-refractivity contribution in [3.05, 3.63) is 76.8 Å². The van der Waals surface area contributed by atoms with Crippen LogP contribution in [0.15, 0.2) is 53.9 Å². The van der Waals surface area contributed by atoms with Crippen LogP contribution in [0.25, 0.3) is 11.0 Å². The Morgan fingerprint density at radius 2 is 1.94 bits per heavy atom. The number of para-hydroxylation sites is 2. The number of carbonyl (C=O) groups excluding carboxylic acids is 2. The third-order valence-electron chi connectivity index (χ3n) is 4.95. The molecule has 8 nitrogen and oxygen atoms in total. The number of nitrogens with zero attached hydrogens (tertiary/aromatic N) is 2. The molecule has 33 heavy (non-hydrogen) atoms. The van der Waals surface area contributed by atoms with Crippen LogP contribution in [0, 0.1) is 5.82 Å². The summed E-state index contributed by atoms with van der Waals surface area (Å²) in [5.74, 6) is 0.245. The number of anilines is 1. The number of thiazole rings is 1. The highest BCUT2D eigenvalue weighted by Crippen LogP contribution is 2.20. The van der Waals surface area contributed by atoms with Gasteiger partial charge in [0.05, 0.1) is 23.3 Å². The molecule has 0 radical (unpaired) electrons. The standard InChI is InChI=1S/C23H23FN6O2S/c1-14(21-28-18-7-2-3-8-19(18)29-21)9-20(31)25-12-17-13-33-23(27-17)30-22(32)26-11-15-5-4-6-16(24)10-15/h2-8,10,13-14H,9,11-12H2,1H3,(H,25,31)(H,28,29)(H2,26,27,30,32). The lowest BCUT2D eigenvalue weighted by Crippen LogP contribution is -2.28. The lowest BCUT2D eigenvalue weighted by atomic mass is 10.1. The number of aromatic amines is 1. The van der Waals surface area contributed by atoms with Crippen LogP contribution in [-0.2, 0) is 17.9 Å². The van der Waals surface area contributed by atoms with E-state index < -0.39 is 6.03 Å². The van der Waals surface area contributed by atoms with E-state index in [1.165, 1.54) is 23.5 Å². The molecule has 0 fully saturated rings. The summed E-state index contributed by atoms with van der Waals surface area (Å²) in [5, 5.41) is 10.3. The smallest absolute Gasteiger partial charge is 0.321 e. The van der Waals surface area contributed by atoms with Crippen molar-refractivity contribution in [2.24, 2.45) is 0 Å². The number of carbonyl (C=O) groups is 2. The van der Waals surface area contributed by atoms with Crippen molar-refractivity contribution in [3.63, 3.8) is 0 Å². The number of H-pyrrole nitrogens is 1. The van der Waals surface area contributed by atoms with Crippen LogP contribution in [0.5, 0.6) is 0 Å². The van der Waals surface area contributed by atoms with Crippen molar-refractivity contribution in [2.45, 2.75) is 32.4 Å². The number of halogens is 1. The van der Waals surface area contributed by atoms with Gasteiger partial charge in [0.15, 0.2) is 5.13 Å². The fourth-order valence-electron chi connectivity index (χ4n) is 3.26. The highest BCUT2D eigenvalue weighted by atomic mass is 32.1. The number of urea groups is 1. The number of hydrogen-bond acceptors (Lipinski definition) is 5. The molecule has 0 spiro atoms. The Kier molecular flexibility index (Phi) is 6.94. The monoisotopic (exact) mass is 466 g/mol. The molecular weight excluding hydrogens is 443 g/mol. The normalized spacial score (nSPS) is 11.8. The molecule has 10 heteroatoms. The number of fused-ring (bicyclic) bond motifs is 1. The summed E-state index contributed by atoms with van der Waals surface area (Å²) in [6.45, 7) is 2.40. The predicted octanol–water partition coefficient (Wildman–Crippen LogP) is 4.29. The van der Waals surface area contributed by atoms with Gasteiger partial charge in [-0.1, -0.05) is 31.2 Å². The van der Waals surface area contributed by atoms with Gasteiger partial charge in [-0.2, -0.15) is 0 Å². The van der Waals surface area contributed by atoms with Crippen molar-refractivity contribution in [2.75, 3.05) is 5.32 Å². The van der Waals surface area contributed by atoms with E-state index in [1.54, 1.807) is 17.5 Å². The van der Waals surface area contributed by atoms with Gasteiger partial charge in [0.2, 0.25) is 5.91 Å². The molecule has 170 valence electrons. The average molecular weight is 467 g/mol. The van der Waals surface area contributed by atoms with Gasteiger partial charge in [0.25, 0.3) is 0 Å². The molecule has 1 atom stereocenters. The van der Waals surface area contributed by atoms with Crippen molar-refractivity contribution in [1.29, 1.82) is 0 Å². The molecule has 4 aromatic rings. The van der Waals surface area contributed by atoms with Crippen molar-refractivity contribution < 1.29 is 14.0 Å². The van der Waals surface area contributed by atoms with E-state index in [1.807, 2.05) is 31.2 Å². The molecule has 0 saturated heterocycles. The molecule has 0 aliphatic rings. The second kappa shape index (κ2) is 10.2. The number of hydrogen-bond donors (Lipinski definition) is 4. The summed E-state index contributed by atoms with van der Waals surface area (Å²) < 4.78 is 13.2. The molecular formula is C23H23FN6O2S. The molecule has 0 aliphatic heterocycles. The maximum absolute atomic E-state index is 13.2. The van der Waals surface area contributed by atoms with Crippen LogP contribution in [0.2, 0.25) is 0 Å². The van der Waals surface area contributed by atoms with E-state index in [9.17, 15) is 14.0 Å². The largest absolute Gasteiger partial charge is 0.350 e. The van der Waals surface area contributed by atoms with Crippen LogP contribution in [0.3, 0.4) is 0 Å². The van der Waals surface area contributed by atoms with Gasteiger partial charge in [-0.05, 0) is 29.8 Å². The topological polar surface area (TPSA) is 112 Å². The summed E-state index contributed by atoms with van der Waals surface area (Å²) in [6, 6.07) is 13.3. The first kappa shape index (κ1) is 22.4. The fraction of sp³-hybridized carbons (Fsp3) is 0.217. The SMILES string of the molecule is CC(CC(=O)NCc1csc(NC(=O)NCc2cccc(F)c2)n1)c1nc2ccccc2[nH]1. The first-order valence-electron chi connectivity index (χ1n) is 10.4. The second-order valence-corrected chi connectivity index (χ2v) is 8.46. The number of rotatable bonds is 8. The Morgan fingerprint density at radius 1 is 1.09 bits per heavy atom. The van der Waals surface area contributed by atoms with Crippen molar-refractivity contribution >= 4 is 39.4 Å². The van der Waals surface area contributed by atoms with E-state index >= 15 is 0 Å². The van der Waals surface area contributed by atoms with E-state index in [2.05, 4.69) is 30.9 Å². The number of imidazole rings is 1. The number of benzene rings is 2. The zero-order valence-electron chi connectivity index (χ0n) is 17.9. The molecule has 4 rings (SSSR count). The fourth-order valence-corrected chi connectivity index (χ4v) is 3.96. The Hall–Kier alpha value is -3.79. The Labute approximate surface area is 193 Å². The molecule has 0 aliphatic carbocycles. The highest BCUT2D eigenvalue weighted by Gasteiger charge is 2.15.